The fourth-order valence-corrected chi connectivity index (χ4v) is 2.39. The number of hydrogen-bond acceptors (Lipinski definition) is 3. The van der Waals surface area contributed by atoms with E-state index >= 15 is 0 Å². The molecule has 0 aliphatic rings. The summed E-state index contributed by atoms with van der Waals surface area (Å²) in [5.41, 5.74) is -0.0187. The molecule has 7 heteroatoms. The molecule has 0 radical (unpaired) electrons. The van der Waals surface area contributed by atoms with Crippen LogP contribution in [0.5, 0.6) is 5.75 Å². The first kappa shape index (κ1) is 18.7. The predicted octanol–water partition coefficient (Wildman–Crippen LogP) is 3.58. The third kappa shape index (κ3) is 4.70. The number of phenols is 1. The van der Waals surface area contributed by atoms with Crippen LogP contribution >= 0.6 is 11.6 Å². The molecule has 0 saturated carbocycles. The van der Waals surface area contributed by atoms with Crippen molar-refractivity contribution >= 4 is 29.1 Å². The zero-order valence-electron chi connectivity index (χ0n) is 13.7. The molecule has 0 fully saturated rings. The van der Waals surface area contributed by atoms with E-state index in [9.17, 15) is 19.1 Å². The molecule has 3 N–H and O–H groups in total. The molecule has 1 unspecified atom stereocenters. The van der Waals surface area contributed by atoms with E-state index in [-0.39, 0.29) is 22.9 Å². The van der Waals surface area contributed by atoms with Gasteiger partial charge < -0.3 is 15.7 Å². The molecular weight excluding hydrogens is 347 g/mol. The number of hydrogen-bond donors (Lipinski definition) is 3. The molecule has 0 aliphatic heterocycles. The molecule has 0 bridgehead atoms. The van der Waals surface area contributed by atoms with E-state index in [1.54, 1.807) is 13.8 Å². The molecule has 132 valence electrons. The average molecular weight is 365 g/mol. The summed E-state index contributed by atoms with van der Waals surface area (Å²) in [5.74, 6) is -2.33. The highest BCUT2D eigenvalue weighted by molar-refractivity contribution is 6.31. The molecule has 0 aliphatic carbocycles. The second kappa shape index (κ2) is 7.98. The van der Waals surface area contributed by atoms with E-state index in [1.807, 2.05) is 0 Å². The minimum Gasteiger partial charge on any atom is -0.506 e. The van der Waals surface area contributed by atoms with Crippen molar-refractivity contribution in [1.82, 2.24) is 5.32 Å². The Morgan fingerprint density at radius 1 is 1.16 bits per heavy atom. The minimum atomic E-state index is -0.925. The topological polar surface area (TPSA) is 78.4 Å². The lowest BCUT2D eigenvalue weighted by Gasteiger charge is -2.22. The number of benzene rings is 2. The summed E-state index contributed by atoms with van der Waals surface area (Å²) in [7, 11) is 0. The number of phenolic OH excluding ortho intramolecular Hbond substituents is 1. The van der Waals surface area contributed by atoms with Crippen molar-refractivity contribution in [2.45, 2.75) is 19.9 Å². The predicted molar refractivity (Wildman–Crippen MR) is 94.2 cm³/mol. The highest BCUT2D eigenvalue weighted by Gasteiger charge is 2.26. The van der Waals surface area contributed by atoms with Crippen LogP contribution in [0.2, 0.25) is 5.02 Å². The van der Waals surface area contributed by atoms with Gasteiger partial charge in [0.05, 0.1) is 11.3 Å². The molecule has 0 saturated heterocycles. The summed E-state index contributed by atoms with van der Waals surface area (Å²) in [5, 5.41) is 15.2. The van der Waals surface area contributed by atoms with Crippen LogP contribution in [0.25, 0.3) is 0 Å². The maximum absolute atomic E-state index is 13.7. The lowest BCUT2D eigenvalue weighted by atomic mass is 10.0. The molecule has 2 aromatic carbocycles. The number of rotatable bonds is 5. The summed E-state index contributed by atoms with van der Waals surface area (Å²) in [6, 6.07) is 8.81. The Labute approximate surface area is 149 Å². The summed E-state index contributed by atoms with van der Waals surface area (Å²) < 4.78 is 13.7. The molecule has 2 aromatic rings. The van der Waals surface area contributed by atoms with E-state index in [0.29, 0.717) is 5.02 Å². The van der Waals surface area contributed by atoms with Gasteiger partial charge in [-0.15, -0.1) is 0 Å². The largest absolute Gasteiger partial charge is 0.506 e. The second-order valence-electron chi connectivity index (χ2n) is 5.83. The van der Waals surface area contributed by atoms with E-state index in [1.165, 1.54) is 42.5 Å². The van der Waals surface area contributed by atoms with Gasteiger partial charge in [-0.25, -0.2) is 4.39 Å². The van der Waals surface area contributed by atoms with Crippen LogP contribution < -0.4 is 10.6 Å². The lowest BCUT2D eigenvalue weighted by molar-refractivity contribution is -0.118. The van der Waals surface area contributed by atoms with Gasteiger partial charge in [0.15, 0.2) is 0 Å². The standard InChI is InChI=1S/C18H18ClFN2O3/c1-10(2)16(22-17(24)12-5-3-4-6-13(12)20)18(25)21-14-9-11(19)7-8-15(14)23/h3-10,16,23H,1-2H3,(H,21,25)(H,22,24). The molecule has 2 amide bonds. The number of amides is 2. The van der Waals surface area contributed by atoms with Gasteiger partial charge in [0.2, 0.25) is 5.91 Å². The van der Waals surface area contributed by atoms with Crippen LogP contribution in [0.1, 0.15) is 24.2 Å². The number of anilines is 1. The molecular formula is C18H18ClFN2O3. The Hall–Kier alpha value is -2.60. The first-order valence-corrected chi connectivity index (χ1v) is 8.02. The number of carbonyl (C=O) groups is 2. The van der Waals surface area contributed by atoms with Gasteiger partial charge in [-0.2, -0.15) is 0 Å². The number of nitrogens with one attached hydrogen (secondary N) is 2. The van der Waals surface area contributed by atoms with E-state index < -0.39 is 23.7 Å². The minimum absolute atomic E-state index is 0.128. The summed E-state index contributed by atoms with van der Waals surface area (Å²) in [4.78, 5) is 24.8. The Kier molecular flexibility index (Phi) is 5.98. The Morgan fingerprint density at radius 2 is 1.84 bits per heavy atom. The summed E-state index contributed by atoms with van der Waals surface area (Å²) >= 11 is 5.85. The maximum Gasteiger partial charge on any atom is 0.254 e. The van der Waals surface area contributed by atoms with Gasteiger partial charge in [-0.05, 0) is 36.2 Å². The molecule has 1 atom stereocenters. The first-order valence-electron chi connectivity index (χ1n) is 7.64. The van der Waals surface area contributed by atoms with E-state index in [0.717, 1.165) is 0 Å². The third-order valence-electron chi connectivity index (χ3n) is 3.57. The Balaban J connectivity index is 2.17. The fraction of sp³-hybridized carbons (Fsp3) is 0.222. The van der Waals surface area contributed by atoms with Crippen molar-refractivity contribution in [2.24, 2.45) is 5.92 Å². The van der Waals surface area contributed by atoms with Crippen LogP contribution in [0.15, 0.2) is 42.5 Å². The second-order valence-corrected chi connectivity index (χ2v) is 6.26. The van der Waals surface area contributed by atoms with Crippen LogP contribution in [0, 0.1) is 11.7 Å². The summed E-state index contributed by atoms with van der Waals surface area (Å²) in [6.45, 7) is 3.48. The van der Waals surface area contributed by atoms with Crippen molar-refractivity contribution in [1.29, 1.82) is 0 Å². The molecule has 5 nitrogen and oxygen atoms in total. The summed E-state index contributed by atoms with van der Waals surface area (Å²) in [6.07, 6.45) is 0. The zero-order chi connectivity index (χ0) is 18.6. The highest BCUT2D eigenvalue weighted by atomic mass is 35.5. The van der Waals surface area contributed by atoms with Gasteiger partial charge in [0.1, 0.15) is 17.6 Å². The highest BCUT2D eigenvalue weighted by Crippen LogP contribution is 2.27. The molecule has 25 heavy (non-hydrogen) atoms. The zero-order valence-corrected chi connectivity index (χ0v) is 14.5. The van der Waals surface area contributed by atoms with Gasteiger partial charge in [0.25, 0.3) is 5.91 Å². The van der Waals surface area contributed by atoms with Crippen molar-refractivity contribution in [3.05, 3.63) is 58.9 Å². The van der Waals surface area contributed by atoms with Crippen molar-refractivity contribution in [2.75, 3.05) is 5.32 Å². The number of aromatic hydroxyl groups is 1. The van der Waals surface area contributed by atoms with E-state index in [2.05, 4.69) is 10.6 Å². The molecule has 0 aromatic heterocycles. The van der Waals surface area contributed by atoms with Crippen LogP contribution in [-0.4, -0.2) is 23.0 Å². The van der Waals surface area contributed by atoms with Crippen molar-refractivity contribution in [3.63, 3.8) is 0 Å². The van der Waals surface area contributed by atoms with E-state index in [4.69, 9.17) is 11.6 Å². The van der Waals surface area contributed by atoms with Gasteiger partial charge in [0, 0.05) is 5.02 Å². The third-order valence-corrected chi connectivity index (χ3v) is 3.81. The maximum atomic E-state index is 13.7. The Bertz CT molecular complexity index is 796. The molecule has 0 heterocycles. The SMILES string of the molecule is CC(C)C(NC(=O)c1ccccc1F)C(=O)Nc1cc(Cl)ccc1O. The Morgan fingerprint density at radius 3 is 2.48 bits per heavy atom. The normalized spacial score (nSPS) is 11.9. The van der Waals surface area contributed by atoms with Crippen LogP contribution in [-0.2, 0) is 4.79 Å². The molecule has 0 spiro atoms. The van der Waals surface area contributed by atoms with Crippen LogP contribution in [0.3, 0.4) is 0 Å². The number of carbonyl (C=O) groups excluding carboxylic acids is 2. The van der Waals surface area contributed by atoms with Crippen LogP contribution in [0.4, 0.5) is 10.1 Å². The smallest absolute Gasteiger partial charge is 0.254 e. The van der Waals surface area contributed by atoms with Gasteiger partial charge >= 0.3 is 0 Å². The lowest BCUT2D eigenvalue weighted by Crippen LogP contribution is -2.47. The van der Waals surface area contributed by atoms with Gasteiger partial charge in [-0.1, -0.05) is 37.6 Å². The van der Waals surface area contributed by atoms with Crippen molar-refractivity contribution in [3.8, 4) is 5.75 Å². The average Bonchev–Trinajstić information content (AvgIpc) is 2.55. The quantitative estimate of drug-likeness (QED) is 0.709. The molecule has 2 rings (SSSR count). The monoisotopic (exact) mass is 364 g/mol. The van der Waals surface area contributed by atoms with Crippen molar-refractivity contribution < 1.29 is 19.1 Å². The number of halogens is 2. The first-order chi connectivity index (χ1) is 11.8. The van der Waals surface area contributed by atoms with Gasteiger partial charge in [-0.3, -0.25) is 9.59 Å². The fourth-order valence-electron chi connectivity index (χ4n) is 2.22.